The van der Waals surface area contributed by atoms with E-state index < -0.39 is 0 Å². The van der Waals surface area contributed by atoms with E-state index in [1.807, 2.05) is 48.5 Å². The summed E-state index contributed by atoms with van der Waals surface area (Å²) >= 11 is 8.40. The van der Waals surface area contributed by atoms with Crippen LogP contribution in [-0.4, -0.2) is 11.0 Å². The van der Waals surface area contributed by atoms with Crippen LogP contribution in [0.2, 0.25) is 0 Å². The summed E-state index contributed by atoms with van der Waals surface area (Å²) in [5.74, 6) is 0.519. The first-order chi connectivity index (χ1) is 11.1. The molecule has 23 heavy (non-hydrogen) atoms. The molecule has 116 valence electrons. The zero-order chi connectivity index (χ0) is 16.2. The van der Waals surface area contributed by atoms with Gasteiger partial charge in [-0.25, -0.2) is 0 Å². The van der Waals surface area contributed by atoms with Gasteiger partial charge in [0.2, 0.25) is 0 Å². The molecule has 2 aromatic carbocycles. The average Bonchev–Trinajstić information content (AvgIpc) is 2.85. The maximum atomic E-state index is 11.6. The standard InChI is InChI=1S/C17H13BrN2O2S/c18-13-8-12(9-14-16(21)20-17(23)19-14)6-7-15(13)22-10-11-4-2-1-3-5-11/h1-9H,10H2,(H2,19,20,21,23). The number of halogens is 1. The number of amides is 1. The van der Waals surface area contributed by atoms with Crippen molar-refractivity contribution in [2.75, 3.05) is 0 Å². The summed E-state index contributed by atoms with van der Waals surface area (Å²) in [4.78, 5) is 11.6. The predicted molar refractivity (Wildman–Crippen MR) is 96.8 cm³/mol. The molecule has 1 aliphatic rings. The molecule has 1 heterocycles. The highest BCUT2D eigenvalue weighted by Crippen LogP contribution is 2.27. The van der Waals surface area contributed by atoms with E-state index >= 15 is 0 Å². The van der Waals surface area contributed by atoms with E-state index in [0.717, 1.165) is 21.3 Å². The van der Waals surface area contributed by atoms with Gasteiger partial charge in [0, 0.05) is 0 Å². The third-order valence-corrected chi connectivity index (χ3v) is 4.05. The molecule has 1 saturated heterocycles. The van der Waals surface area contributed by atoms with Crippen LogP contribution in [-0.2, 0) is 11.4 Å². The Morgan fingerprint density at radius 2 is 1.91 bits per heavy atom. The van der Waals surface area contributed by atoms with Crippen LogP contribution in [0.1, 0.15) is 11.1 Å². The number of benzene rings is 2. The van der Waals surface area contributed by atoms with Crippen LogP contribution in [0.3, 0.4) is 0 Å². The van der Waals surface area contributed by atoms with Crippen LogP contribution in [0.15, 0.2) is 58.7 Å². The molecule has 0 bridgehead atoms. The van der Waals surface area contributed by atoms with Crippen LogP contribution in [0.25, 0.3) is 6.08 Å². The van der Waals surface area contributed by atoms with Crippen LogP contribution in [0, 0.1) is 0 Å². The largest absolute Gasteiger partial charge is 0.488 e. The number of carbonyl (C=O) groups is 1. The first-order valence-electron chi connectivity index (χ1n) is 6.92. The lowest BCUT2D eigenvalue weighted by atomic mass is 10.2. The molecule has 1 fully saturated rings. The summed E-state index contributed by atoms with van der Waals surface area (Å²) in [5, 5.41) is 5.67. The van der Waals surface area contributed by atoms with E-state index in [-0.39, 0.29) is 5.91 Å². The Hall–Kier alpha value is -2.18. The molecular formula is C17H13BrN2O2S. The lowest BCUT2D eigenvalue weighted by Crippen LogP contribution is -2.21. The summed E-state index contributed by atoms with van der Waals surface area (Å²) in [6.07, 6.45) is 1.74. The monoisotopic (exact) mass is 388 g/mol. The van der Waals surface area contributed by atoms with E-state index in [1.54, 1.807) is 6.08 Å². The van der Waals surface area contributed by atoms with Crippen molar-refractivity contribution in [3.8, 4) is 5.75 Å². The van der Waals surface area contributed by atoms with Gasteiger partial charge in [-0.1, -0.05) is 36.4 Å². The molecule has 0 radical (unpaired) electrons. The average molecular weight is 389 g/mol. The second-order valence-corrected chi connectivity index (χ2v) is 6.19. The summed E-state index contributed by atoms with van der Waals surface area (Å²) in [6, 6.07) is 15.6. The van der Waals surface area contributed by atoms with E-state index in [0.29, 0.717) is 17.4 Å². The van der Waals surface area contributed by atoms with Crippen molar-refractivity contribution < 1.29 is 9.53 Å². The van der Waals surface area contributed by atoms with Crippen molar-refractivity contribution in [3.63, 3.8) is 0 Å². The molecule has 0 unspecified atom stereocenters. The van der Waals surface area contributed by atoms with E-state index in [9.17, 15) is 4.79 Å². The Balaban J connectivity index is 1.72. The summed E-state index contributed by atoms with van der Waals surface area (Å²) in [7, 11) is 0. The summed E-state index contributed by atoms with van der Waals surface area (Å²) in [6.45, 7) is 0.498. The minimum absolute atomic E-state index is 0.226. The fraction of sp³-hybridized carbons (Fsp3) is 0.0588. The highest BCUT2D eigenvalue weighted by atomic mass is 79.9. The molecule has 0 saturated carbocycles. The van der Waals surface area contributed by atoms with Gasteiger partial charge in [-0.05, 0) is 57.5 Å². The number of hydrogen-bond acceptors (Lipinski definition) is 3. The molecule has 0 aromatic heterocycles. The van der Waals surface area contributed by atoms with Crippen LogP contribution < -0.4 is 15.4 Å². The smallest absolute Gasteiger partial charge is 0.273 e. The Labute approximate surface area is 147 Å². The number of rotatable bonds is 4. The fourth-order valence-corrected chi connectivity index (χ4v) is 2.82. The molecule has 0 spiro atoms. The molecule has 1 aliphatic heterocycles. The van der Waals surface area contributed by atoms with Gasteiger partial charge in [0.1, 0.15) is 18.1 Å². The number of thiocarbonyl (C=S) groups is 1. The molecule has 3 rings (SSSR count). The normalized spacial score (nSPS) is 15.4. The second kappa shape index (κ2) is 6.93. The van der Waals surface area contributed by atoms with Crippen LogP contribution >= 0.6 is 28.1 Å². The predicted octanol–water partition coefficient (Wildman–Crippen LogP) is 3.37. The third kappa shape index (κ3) is 3.97. The Morgan fingerprint density at radius 1 is 1.13 bits per heavy atom. The third-order valence-electron chi connectivity index (χ3n) is 3.22. The molecule has 2 aromatic rings. The molecular weight excluding hydrogens is 376 g/mol. The van der Waals surface area contributed by atoms with Crippen molar-refractivity contribution in [1.82, 2.24) is 10.6 Å². The fourth-order valence-electron chi connectivity index (χ4n) is 2.11. The van der Waals surface area contributed by atoms with Gasteiger partial charge in [-0.15, -0.1) is 0 Å². The number of carbonyl (C=O) groups excluding carboxylic acids is 1. The quantitative estimate of drug-likeness (QED) is 0.622. The van der Waals surface area contributed by atoms with Crippen LogP contribution in [0.5, 0.6) is 5.75 Å². The maximum Gasteiger partial charge on any atom is 0.273 e. The SMILES string of the molecule is O=C1NC(=S)NC1=Cc1ccc(OCc2ccccc2)c(Br)c1. The lowest BCUT2D eigenvalue weighted by Gasteiger charge is -2.09. The van der Waals surface area contributed by atoms with Gasteiger partial charge in [-0.2, -0.15) is 0 Å². The van der Waals surface area contributed by atoms with E-state index in [1.165, 1.54) is 0 Å². The Morgan fingerprint density at radius 3 is 2.57 bits per heavy atom. The molecule has 1 amide bonds. The first-order valence-corrected chi connectivity index (χ1v) is 8.12. The van der Waals surface area contributed by atoms with Gasteiger partial charge in [0.15, 0.2) is 5.11 Å². The van der Waals surface area contributed by atoms with E-state index in [4.69, 9.17) is 17.0 Å². The first kappa shape index (κ1) is 15.7. The number of hydrogen-bond donors (Lipinski definition) is 2. The van der Waals surface area contributed by atoms with Gasteiger partial charge in [0.25, 0.3) is 5.91 Å². The molecule has 0 atom stereocenters. The Kier molecular flexibility index (Phi) is 4.73. The van der Waals surface area contributed by atoms with Crippen LogP contribution in [0.4, 0.5) is 0 Å². The zero-order valence-electron chi connectivity index (χ0n) is 12.0. The van der Waals surface area contributed by atoms with Crippen molar-refractivity contribution in [2.24, 2.45) is 0 Å². The van der Waals surface area contributed by atoms with Crippen molar-refractivity contribution in [1.29, 1.82) is 0 Å². The molecule has 2 N–H and O–H groups in total. The molecule has 6 heteroatoms. The van der Waals surface area contributed by atoms with E-state index in [2.05, 4.69) is 26.6 Å². The minimum Gasteiger partial charge on any atom is -0.488 e. The number of nitrogens with one attached hydrogen (secondary N) is 2. The Bertz CT molecular complexity index is 790. The number of ether oxygens (including phenoxy) is 1. The minimum atomic E-state index is -0.226. The highest BCUT2D eigenvalue weighted by molar-refractivity contribution is 9.10. The van der Waals surface area contributed by atoms with Crippen molar-refractivity contribution in [3.05, 3.63) is 69.8 Å². The highest BCUT2D eigenvalue weighted by Gasteiger charge is 2.19. The van der Waals surface area contributed by atoms with Crippen molar-refractivity contribution in [2.45, 2.75) is 6.61 Å². The topological polar surface area (TPSA) is 50.4 Å². The summed E-state index contributed by atoms with van der Waals surface area (Å²) in [5.41, 5.74) is 2.40. The van der Waals surface area contributed by atoms with Crippen molar-refractivity contribution >= 4 is 45.2 Å². The molecule has 0 aliphatic carbocycles. The summed E-state index contributed by atoms with van der Waals surface area (Å²) < 4.78 is 6.63. The van der Waals surface area contributed by atoms with Gasteiger partial charge in [-0.3, -0.25) is 10.1 Å². The lowest BCUT2D eigenvalue weighted by molar-refractivity contribution is -0.115. The van der Waals surface area contributed by atoms with Gasteiger partial charge in [0.05, 0.1) is 4.47 Å². The molecule has 4 nitrogen and oxygen atoms in total. The second-order valence-electron chi connectivity index (χ2n) is 4.93. The van der Waals surface area contributed by atoms with Gasteiger partial charge >= 0.3 is 0 Å². The maximum absolute atomic E-state index is 11.6. The van der Waals surface area contributed by atoms with Gasteiger partial charge < -0.3 is 10.1 Å². The zero-order valence-corrected chi connectivity index (χ0v) is 14.4.